The van der Waals surface area contributed by atoms with E-state index in [-0.39, 0.29) is 0 Å². The van der Waals surface area contributed by atoms with Gasteiger partial charge in [-0.15, -0.1) is 0 Å². The van der Waals surface area contributed by atoms with E-state index in [1.165, 1.54) is 0 Å². The quantitative estimate of drug-likeness (QED) is 0.914. The summed E-state index contributed by atoms with van der Waals surface area (Å²) in [7, 11) is 0. The second-order valence-electron chi connectivity index (χ2n) is 4.18. The third kappa shape index (κ3) is 2.45. The Morgan fingerprint density at radius 3 is 2.79 bits per heavy atom. The summed E-state index contributed by atoms with van der Waals surface area (Å²) in [5.41, 5.74) is 1.86. The zero-order chi connectivity index (χ0) is 13.1. The van der Waals surface area contributed by atoms with Crippen molar-refractivity contribution in [3.05, 3.63) is 30.6 Å². The van der Waals surface area contributed by atoms with E-state index in [9.17, 15) is 0 Å². The van der Waals surface area contributed by atoms with Crippen molar-refractivity contribution < 1.29 is 9.47 Å². The van der Waals surface area contributed by atoms with Gasteiger partial charge in [-0.25, -0.2) is 9.97 Å². The van der Waals surface area contributed by atoms with E-state index < -0.39 is 0 Å². The summed E-state index contributed by atoms with van der Waals surface area (Å²) in [4.78, 5) is 8.46. The van der Waals surface area contributed by atoms with Crippen molar-refractivity contribution in [2.24, 2.45) is 0 Å². The van der Waals surface area contributed by atoms with Crippen molar-refractivity contribution in [1.82, 2.24) is 9.97 Å². The first-order valence-electron chi connectivity index (χ1n) is 6.33. The molecular weight excluding hydrogens is 242 g/mol. The second-order valence-corrected chi connectivity index (χ2v) is 4.18. The van der Waals surface area contributed by atoms with Crippen molar-refractivity contribution in [3.8, 4) is 22.8 Å². The van der Waals surface area contributed by atoms with Gasteiger partial charge >= 0.3 is 0 Å². The highest BCUT2D eigenvalue weighted by molar-refractivity contribution is 5.66. The number of rotatable bonds is 3. The number of nitrogens with one attached hydrogen (secondary N) is 1. The molecule has 0 radical (unpaired) electrons. The zero-order valence-electron chi connectivity index (χ0n) is 10.7. The van der Waals surface area contributed by atoms with E-state index in [0.717, 1.165) is 35.1 Å². The predicted molar refractivity (Wildman–Crippen MR) is 72.6 cm³/mol. The summed E-state index contributed by atoms with van der Waals surface area (Å²) < 4.78 is 11.1. The fourth-order valence-corrected chi connectivity index (χ4v) is 2.00. The largest absolute Gasteiger partial charge is 0.486 e. The summed E-state index contributed by atoms with van der Waals surface area (Å²) >= 11 is 0. The Bertz CT molecular complexity index is 587. The highest BCUT2D eigenvalue weighted by Crippen LogP contribution is 2.34. The van der Waals surface area contributed by atoms with Gasteiger partial charge in [0.2, 0.25) is 0 Å². The summed E-state index contributed by atoms with van der Waals surface area (Å²) in [6.07, 6.45) is 1.56. The van der Waals surface area contributed by atoms with Crippen LogP contribution in [0.15, 0.2) is 30.6 Å². The highest BCUT2D eigenvalue weighted by atomic mass is 16.6. The molecule has 3 rings (SSSR count). The number of hydrogen-bond donors (Lipinski definition) is 1. The Morgan fingerprint density at radius 1 is 1.11 bits per heavy atom. The summed E-state index contributed by atoms with van der Waals surface area (Å²) in [6.45, 7) is 4.05. The molecule has 1 N–H and O–H groups in total. The molecule has 0 spiro atoms. The number of nitrogens with zero attached hydrogens (tertiary/aromatic N) is 2. The number of benzene rings is 1. The van der Waals surface area contributed by atoms with Crippen LogP contribution >= 0.6 is 0 Å². The normalized spacial score (nSPS) is 13.1. The van der Waals surface area contributed by atoms with E-state index in [1.807, 2.05) is 31.2 Å². The smallest absolute Gasteiger partial charge is 0.162 e. The molecule has 1 aliphatic rings. The molecule has 98 valence electrons. The topological polar surface area (TPSA) is 56.3 Å². The molecule has 0 saturated heterocycles. The molecule has 1 aromatic heterocycles. The van der Waals surface area contributed by atoms with Crippen LogP contribution in [0.1, 0.15) is 6.92 Å². The highest BCUT2D eigenvalue weighted by Gasteiger charge is 2.13. The number of fused-ring (bicyclic) bond motifs is 1. The van der Waals surface area contributed by atoms with E-state index in [0.29, 0.717) is 13.2 Å². The van der Waals surface area contributed by atoms with Crippen molar-refractivity contribution in [3.63, 3.8) is 0 Å². The van der Waals surface area contributed by atoms with Crippen molar-refractivity contribution >= 4 is 5.82 Å². The van der Waals surface area contributed by atoms with Crippen LogP contribution in [0.2, 0.25) is 0 Å². The lowest BCUT2D eigenvalue weighted by Gasteiger charge is -2.18. The Labute approximate surface area is 111 Å². The molecule has 5 nitrogen and oxygen atoms in total. The van der Waals surface area contributed by atoms with E-state index in [1.54, 1.807) is 6.33 Å². The maximum atomic E-state index is 5.58. The Kier molecular flexibility index (Phi) is 3.18. The first-order valence-corrected chi connectivity index (χ1v) is 6.33. The summed E-state index contributed by atoms with van der Waals surface area (Å²) in [5.74, 6) is 2.38. The SMILES string of the molecule is CCNc1cc(-c2ccc3c(c2)OCCO3)ncn1. The predicted octanol–water partition coefficient (Wildman–Crippen LogP) is 2.35. The van der Waals surface area contributed by atoms with Gasteiger partial charge in [0.1, 0.15) is 25.4 Å². The molecule has 2 heterocycles. The third-order valence-electron chi connectivity index (χ3n) is 2.86. The Balaban J connectivity index is 1.95. The first-order chi connectivity index (χ1) is 9.36. The molecule has 0 atom stereocenters. The van der Waals surface area contributed by atoms with Gasteiger partial charge in [-0.2, -0.15) is 0 Å². The average molecular weight is 257 g/mol. The number of ether oxygens (including phenoxy) is 2. The van der Waals surface area contributed by atoms with Gasteiger partial charge in [0, 0.05) is 18.2 Å². The Hall–Kier alpha value is -2.30. The summed E-state index contributed by atoms with van der Waals surface area (Å²) in [5, 5.41) is 3.17. The molecule has 1 aromatic carbocycles. The zero-order valence-corrected chi connectivity index (χ0v) is 10.7. The number of aromatic nitrogens is 2. The minimum atomic E-state index is 0.586. The molecule has 19 heavy (non-hydrogen) atoms. The average Bonchev–Trinajstić information content (AvgIpc) is 2.47. The van der Waals surface area contributed by atoms with Gasteiger partial charge < -0.3 is 14.8 Å². The third-order valence-corrected chi connectivity index (χ3v) is 2.86. The van der Waals surface area contributed by atoms with Crippen LogP contribution in [0.4, 0.5) is 5.82 Å². The van der Waals surface area contributed by atoms with Crippen LogP contribution in [0.25, 0.3) is 11.3 Å². The van der Waals surface area contributed by atoms with Crippen LogP contribution < -0.4 is 14.8 Å². The lowest BCUT2D eigenvalue weighted by atomic mass is 10.1. The Morgan fingerprint density at radius 2 is 1.95 bits per heavy atom. The lowest BCUT2D eigenvalue weighted by Crippen LogP contribution is -2.15. The maximum absolute atomic E-state index is 5.58. The van der Waals surface area contributed by atoms with Crippen molar-refractivity contribution in [2.75, 3.05) is 25.1 Å². The standard InChI is InChI=1S/C14H15N3O2/c1-2-15-14-8-11(16-9-17-14)10-3-4-12-13(7-10)19-6-5-18-12/h3-4,7-9H,2,5-6H2,1H3,(H,15,16,17). The minimum absolute atomic E-state index is 0.586. The maximum Gasteiger partial charge on any atom is 0.162 e. The van der Waals surface area contributed by atoms with Crippen molar-refractivity contribution in [2.45, 2.75) is 6.92 Å². The molecule has 1 aliphatic heterocycles. The van der Waals surface area contributed by atoms with Crippen LogP contribution in [0, 0.1) is 0 Å². The minimum Gasteiger partial charge on any atom is -0.486 e. The molecule has 0 fully saturated rings. The second kappa shape index (κ2) is 5.14. The molecular formula is C14H15N3O2. The van der Waals surface area contributed by atoms with E-state index in [4.69, 9.17) is 9.47 Å². The lowest BCUT2D eigenvalue weighted by molar-refractivity contribution is 0.171. The fourth-order valence-electron chi connectivity index (χ4n) is 2.00. The van der Waals surface area contributed by atoms with Crippen LogP contribution in [0.3, 0.4) is 0 Å². The molecule has 0 saturated carbocycles. The van der Waals surface area contributed by atoms with Crippen LogP contribution in [-0.2, 0) is 0 Å². The van der Waals surface area contributed by atoms with Gasteiger partial charge in [0.25, 0.3) is 0 Å². The van der Waals surface area contributed by atoms with E-state index in [2.05, 4.69) is 15.3 Å². The van der Waals surface area contributed by atoms with Gasteiger partial charge in [0.15, 0.2) is 11.5 Å². The molecule has 0 unspecified atom stereocenters. The van der Waals surface area contributed by atoms with Crippen LogP contribution in [0.5, 0.6) is 11.5 Å². The summed E-state index contributed by atoms with van der Waals surface area (Å²) in [6, 6.07) is 7.77. The fraction of sp³-hybridized carbons (Fsp3) is 0.286. The first kappa shape index (κ1) is 11.8. The van der Waals surface area contributed by atoms with Crippen LogP contribution in [-0.4, -0.2) is 29.7 Å². The molecule has 0 bridgehead atoms. The van der Waals surface area contributed by atoms with Gasteiger partial charge in [-0.1, -0.05) is 0 Å². The molecule has 0 amide bonds. The molecule has 5 heteroatoms. The number of hydrogen-bond acceptors (Lipinski definition) is 5. The van der Waals surface area contributed by atoms with Gasteiger partial charge in [-0.05, 0) is 25.1 Å². The van der Waals surface area contributed by atoms with Gasteiger partial charge in [0.05, 0.1) is 5.69 Å². The number of anilines is 1. The monoisotopic (exact) mass is 257 g/mol. The molecule has 2 aromatic rings. The van der Waals surface area contributed by atoms with Gasteiger partial charge in [-0.3, -0.25) is 0 Å². The van der Waals surface area contributed by atoms with E-state index >= 15 is 0 Å². The molecule has 0 aliphatic carbocycles. The van der Waals surface area contributed by atoms with Crippen molar-refractivity contribution in [1.29, 1.82) is 0 Å².